The second kappa shape index (κ2) is 6.10. The maximum Gasteiger partial charge on any atom is 0.273 e. The smallest absolute Gasteiger partial charge is 0.273 e. The van der Waals surface area contributed by atoms with E-state index >= 15 is 0 Å². The quantitative estimate of drug-likeness (QED) is 0.925. The van der Waals surface area contributed by atoms with Crippen molar-refractivity contribution >= 4 is 11.7 Å². The molecule has 1 amide bonds. The van der Waals surface area contributed by atoms with Gasteiger partial charge < -0.3 is 10.2 Å². The van der Waals surface area contributed by atoms with Crippen molar-refractivity contribution in [1.82, 2.24) is 15.1 Å². The number of nitrogens with one attached hydrogen (secondary N) is 1. The van der Waals surface area contributed by atoms with Crippen LogP contribution < -0.4 is 5.32 Å². The van der Waals surface area contributed by atoms with Gasteiger partial charge in [-0.25, -0.2) is 4.39 Å². The molecule has 0 radical (unpaired) electrons. The summed E-state index contributed by atoms with van der Waals surface area (Å²) in [6.07, 6.45) is 0. The Morgan fingerprint density at radius 3 is 2.40 bits per heavy atom. The molecule has 0 saturated heterocycles. The van der Waals surface area contributed by atoms with Gasteiger partial charge in [0.15, 0.2) is 5.69 Å². The fraction of sp³-hybridized carbons (Fsp3) is 0.214. The molecular formula is C14H15FN4O. The van der Waals surface area contributed by atoms with Gasteiger partial charge in [-0.3, -0.25) is 4.79 Å². The molecule has 0 unspecified atom stereocenters. The molecule has 0 bridgehead atoms. The highest BCUT2D eigenvalue weighted by molar-refractivity contribution is 5.91. The molecule has 2 rings (SSSR count). The van der Waals surface area contributed by atoms with Crippen LogP contribution in [0, 0.1) is 5.82 Å². The number of carbonyl (C=O) groups is 1. The number of aromatic nitrogens is 2. The van der Waals surface area contributed by atoms with E-state index < -0.39 is 0 Å². The molecule has 104 valence electrons. The lowest BCUT2D eigenvalue weighted by molar-refractivity contribution is 0.0821. The Kier molecular flexibility index (Phi) is 4.24. The molecule has 0 aliphatic heterocycles. The average Bonchev–Trinajstić information content (AvgIpc) is 2.46. The van der Waals surface area contributed by atoms with Crippen LogP contribution in [0.4, 0.5) is 10.2 Å². The summed E-state index contributed by atoms with van der Waals surface area (Å²) in [5.74, 6) is 0.104. The predicted octanol–water partition coefficient (Wildman–Crippen LogP) is 1.93. The Labute approximate surface area is 116 Å². The third kappa shape index (κ3) is 3.50. The van der Waals surface area contributed by atoms with Crippen LogP contribution in [0.2, 0.25) is 0 Å². The molecule has 0 spiro atoms. The van der Waals surface area contributed by atoms with Gasteiger partial charge in [0.25, 0.3) is 5.91 Å². The standard InChI is InChI=1S/C14H15FN4O/c1-19(2)14(20)12-7-8-13(18-17-12)16-9-10-3-5-11(15)6-4-10/h3-8H,9H2,1-2H3,(H,16,18). The number of halogens is 1. The van der Waals surface area contributed by atoms with Crippen LogP contribution in [-0.2, 0) is 6.54 Å². The first-order valence-electron chi connectivity index (χ1n) is 6.10. The van der Waals surface area contributed by atoms with Gasteiger partial charge in [-0.05, 0) is 29.8 Å². The number of anilines is 1. The molecule has 1 N–H and O–H groups in total. The summed E-state index contributed by atoms with van der Waals surface area (Å²) in [6, 6.07) is 9.50. The van der Waals surface area contributed by atoms with Crippen LogP contribution in [0.25, 0.3) is 0 Å². The highest BCUT2D eigenvalue weighted by Crippen LogP contribution is 2.07. The Hall–Kier alpha value is -2.50. The second-order valence-electron chi connectivity index (χ2n) is 4.48. The van der Waals surface area contributed by atoms with Crippen molar-refractivity contribution in [1.29, 1.82) is 0 Å². The molecule has 1 heterocycles. The number of carbonyl (C=O) groups excluding carboxylic acids is 1. The third-order valence-electron chi connectivity index (χ3n) is 2.68. The summed E-state index contributed by atoms with van der Waals surface area (Å²) >= 11 is 0. The van der Waals surface area contributed by atoms with E-state index in [1.54, 1.807) is 38.4 Å². The van der Waals surface area contributed by atoms with Crippen molar-refractivity contribution in [3.8, 4) is 0 Å². The van der Waals surface area contributed by atoms with Crippen molar-refractivity contribution in [3.05, 3.63) is 53.5 Å². The van der Waals surface area contributed by atoms with E-state index in [1.807, 2.05) is 0 Å². The molecule has 0 saturated carbocycles. The van der Waals surface area contributed by atoms with E-state index in [9.17, 15) is 9.18 Å². The number of nitrogens with zero attached hydrogens (tertiary/aromatic N) is 3. The molecule has 0 fully saturated rings. The molecule has 0 aliphatic carbocycles. The lowest BCUT2D eigenvalue weighted by Gasteiger charge is -2.09. The Balaban J connectivity index is 1.97. The summed E-state index contributed by atoms with van der Waals surface area (Å²) in [6.45, 7) is 0.510. The fourth-order valence-corrected chi connectivity index (χ4v) is 1.56. The first kappa shape index (κ1) is 13.9. The van der Waals surface area contributed by atoms with Gasteiger partial charge in [-0.15, -0.1) is 10.2 Å². The van der Waals surface area contributed by atoms with Crippen LogP contribution in [0.5, 0.6) is 0 Å². The summed E-state index contributed by atoms with van der Waals surface area (Å²) in [4.78, 5) is 13.1. The molecule has 0 aliphatic rings. The maximum atomic E-state index is 12.8. The van der Waals surface area contributed by atoms with Crippen molar-refractivity contribution in [2.24, 2.45) is 0 Å². The highest BCUT2D eigenvalue weighted by Gasteiger charge is 2.09. The van der Waals surface area contributed by atoms with Gasteiger partial charge in [0.1, 0.15) is 11.6 Å². The number of hydrogen-bond acceptors (Lipinski definition) is 4. The van der Waals surface area contributed by atoms with E-state index in [4.69, 9.17) is 0 Å². The fourth-order valence-electron chi connectivity index (χ4n) is 1.56. The minimum atomic E-state index is -0.264. The van der Waals surface area contributed by atoms with Gasteiger partial charge in [-0.1, -0.05) is 12.1 Å². The molecule has 5 nitrogen and oxygen atoms in total. The van der Waals surface area contributed by atoms with Crippen LogP contribution in [0.1, 0.15) is 16.1 Å². The van der Waals surface area contributed by atoms with Gasteiger partial charge in [0.05, 0.1) is 0 Å². The van der Waals surface area contributed by atoms with Crippen LogP contribution >= 0.6 is 0 Å². The molecule has 6 heteroatoms. The van der Waals surface area contributed by atoms with E-state index in [0.717, 1.165) is 5.56 Å². The summed E-state index contributed by atoms with van der Waals surface area (Å²) in [5, 5.41) is 10.8. The zero-order valence-electron chi connectivity index (χ0n) is 11.3. The first-order valence-corrected chi connectivity index (χ1v) is 6.10. The van der Waals surface area contributed by atoms with E-state index in [1.165, 1.54) is 17.0 Å². The first-order chi connectivity index (χ1) is 9.56. The third-order valence-corrected chi connectivity index (χ3v) is 2.68. The lowest BCUT2D eigenvalue weighted by Crippen LogP contribution is -2.23. The number of benzene rings is 1. The Morgan fingerprint density at radius 1 is 1.15 bits per heavy atom. The number of rotatable bonds is 4. The van der Waals surface area contributed by atoms with E-state index in [-0.39, 0.29) is 11.7 Å². The SMILES string of the molecule is CN(C)C(=O)c1ccc(NCc2ccc(F)cc2)nn1. The minimum absolute atomic E-state index is 0.192. The molecule has 0 atom stereocenters. The van der Waals surface area contributed by atoms with Crippen molar-refractivity contribution < 1.29 is 9.18 Å². The van der Waals surface area contributed by atoms with E-state index in [0.29, 0.717) is 18.1 Å². The van der Waals surface area contributed by atoms with Gasteiger partial charge in [0.2, 0.25) is 0 Å². The average molecular weight is 274 g/mol. The highest BCUT2D eigenvalue weighted by atomic mass is 19.1. The molecular weight excluding hydrogens is 259 g/mol. The predicted molar refractivity (Wildman–Crippen MR) is 73.8 cm³/mol. The monoisotopic (exact) mass is 274 g/mol. The number of amides is 1. The zero-order chi connectivity index (χ0) is 14.5. The Bertz CT molecular complexity index is 581. The van der Waals surface area contributed by atoms with Gasteiger partial charge in [0, 0.05) is 20.6 Å². The van der Waals surface area contributed by atoms with Crippen molar-refractivity contribution in [3.63, 3.8) is 0 Å². The number of hydrogen-bond donors (Lipinski definition) is 1. The summed E-state index contributed by atoms with van der Waals surface area (Å²) in [5.41, 5.74) is 1.23. The van der Waals surface area contributed by atoms with Crippen LogP contribution in [0.15, 0.2) is 36.4 Å². The second-order valence-corrected chi connectivity index (χ2v) is 4.48. The lowest BCUT2D eigenvalue weighted by atomic mass is 10.2. The van der Waals surface area contributed by atoms with Crippen LogP contribution in [0.3, 0.4) is 0 Å². The molecule has 20 heavy (non-hydrogen) atoms. The molecule has 1 aromatic heterocycles. The topological polar surface area (TPSA) is 58.1 Å². The maximum absolute atomic E-state index is 12.8. The van der Waals surface area contributed by atoms with Gasteiger partial charge >= 0.3 is 0 Å². The Morgan fingerprint density at radius 2 is 1.85 bits per heavy atom. The zero-order valence-corrected chi connectivity index (χ0v) is 11.3. The normalized spacial score (nSPS) is 10.2. The van der Waals surface area contributed by atoms with Crippen molar-refractivity contribution in [2.45, 2.75) is 6.54 Å². The van der Waals surface area contributed by atoms with E-state index in [2.05, 4.69) is 15.5 Å². The molecule has 1 aromatic carbocycles. The summed E-state index contributed by atoms with van der Waals surface area (Å²) in [7, 11) is 3.31. The molecule has 2 aromatic rings. The largest absolute Gasteiger partial charge is 0.365 e. The summed E-state index contributed by atoms with van der Waals surface area (Å²) < 4.78 is 12.8. The van der Waals surface area contributed by atoms with Gasteiger partial charge in [-0.2, -0.15) is 0 Å². The van der Waals surface area contributed by atoms with Crippen LogP contribution in [-0.4, -0.2) is 35.1 Å². The van der Waals surface area contributed by atoms with Crippen molar-refractivity contribution in [2.75, 3.05) is 19.4 Å². The minimum Gasteiger partial charge on any atom is -0.365 e.